The average molecular weight is 401 g/mol. The van der Waals surface area contributed by atoms with E-state index in [1.54, 1.807) is 0 Å². The largest absolute Gasteiger partial charge is 0.363 e. The van der Waals surface area contributed by atoms with Crippen molar-refractivity contribution in [1.82, 2.24) is 0 Å². The molecule has 0 aliphatic heterocycles. The number of halogens is 2. The molecule has 0 heterocycles. The summed E-state index contributed by atoms with van der Waals surface area (Å²) in [6.45, 7) is 1.69. The lowest BCUT2D eigenvalue weighted by molar-refractivity contribution is 0.796. The molecule has 3 rings (SSSR count). The first-order valence-corrected chi connectivity index (χ1v) is 9.44. The van der Waals surface area contributed by atoms with Gasteiger partial charge in [-0.2, -0.15) is 0 Å². The van der Waals surface area contributed by atoms with Gasteiger partial charge in [0.25, 0.3) is 0 Å². The Balaban J connectivity index is 1.97. The van der Waals surface area contributed by atoms with Crippen molar-refractivity contribution >= 4 is 33.2 Å². The topological polar surface area (TPSA) is 3.24 Å². The first kappa shape index (κ1) is 17.1. The molecule has 0 saturated heterocycles. The zero-order chi connectivity index (χ0) is 16.8. The number of anilines is 1. The number of alkyl halides is 1. The van der Waals surface area contributed by atoms with Gasteiger partial charge in [-0.15, -0.1) is 0 Å². The Labute approximate surface area is 157 Å². The predicted octanol–water partition coefficient (Wildman–Crippen LogP) is 6.44. The molecule has 0 N–H and O–H groups in total. The van der Waals surface area contributed by atoms with Crippen LogP contribution in [0.4, 0.5) is 5.69 Å². The molecule has 0 radical (unpaired) electrons. The SMILES string of the molecule is Clc1cccc(N(Cc2ccccc2)Cc2ccccc2)c1CBr. The number of benzene rings is 3. The molecule has 0 saturated carbocycles. The minimum Gasteiger partial charge on any atom is -0.363 e. The zero-order valence-corrected chi connectivity index (χ0v) is 15.7. The van der Waals surface area contributed by atoms with Gasteiger partial charge in [0.05, 0.1) is 0 Å². The number of hydrogen-bond donors (Lipinski definition) is 0. The number of nitrogens with zero attached hydrogens (tertiary/aromatic N) is 1. The summed E-state index contributed by atoms with van der Waals surface area (Å²) < 4.78 is 0. The van der Waals surface area contributed by atoms with Gasteiger partial charge < -0.3 is 4.90 Å². The highest BCUT2D eigenvalue weighted by molar-refractivity contribution is 9.08. The summed E-state index contributed by atoms with van der Waals surface area (Å²) in [7, 11) is 0. The second-order valence-corrected chi connectivity index (χ2v) is 6.67. The van der Waals surface area contributed by atoms with E-state index in [0.29, 0.717) is 0 Å². The highest BCUT2D eigenvalue weighted by Gasteiger charge is 2.14. The van der Waals surface area contributed by atoms with E-state index in [1.807, 2.05) is 24.3 Å². The van der Waals surface area contributed by atoms with Crippen molar-refractivity contribution in [3.8, 4) is 0 Å². The lowest BCUT2D eigenvalue weighted by atomic mass is 10.1. The Bertz CT molecular complexity index is 733. The van der Waals surface area contributed by atoms with Gasteiger partial charge in [-0.3, -0.25) is 0 Å². The molecule has 0 aliphatic rings. The minimum absolute atomic E-state index is 0.738. The van der Waals surface area contributed by atoms with Crippen LogP contribution in [0, 0.1) is 0 Å². The predicted molar refractivity (Wildman–Crippen MR) is 107 cm³/mol. The summed E-state index contributed by atoms with van der Waals surface area (Å²) >= 11 is 10.0. The third-order valence-corrected chi connectivity index (χ3v) is 4.92. The van der Waals surface area contributed by atoms with Crippen molar-refractivity contribution < 1.29 is 0 Å². The molecule has 0 amide bonds. The summed E-state index contributed by atoms with van der Waals surface area (Å²) in [6, 6.07) is 27.2. The highest BCUT2D eigenvalue weighted by atomic mass is 79.9. The van der Waals surface area contributed by atoms with Crippen molar-refractivity contribution in [3.05, 3.63) is 101 Å². The molecule has 3 aromatic rings. The lowest BCUT2D eigenvalue weighted by Gasteiger charge is -2.28. The average Bonchev–Trinajstić information content (AvgIpc) is 2.63. The Kier molecular flexibility index (Phi) is 5.95. The standard InChI is InChI=1S/C21H19BrClN/c22-14-19-20(23)12-7-13-21(19)24(15-17-8-3-1-4-9-17)16-18-10-5-2-6-11-18/h1-13H,14-16H2. The van der Waals surface area contributed by atoms with Crippen molar-refractivity contribution in [3.63, 3.8) is 0 Å². The van der Waals surface area contributed by atoms with E-state index in [2.05, 4.69) is 75.4 Å². The van der Waals surface area contributed by atoms with E-state index in [4.69, 9.17) is 11.6 Å². The smallest absolute Gasteiger partial charge is 0.0467 e. The van der Waals surface area contributed by atoms with Gasteiger partial charge in [0.2, 0.25) is 0 Å². The first-order valence-electron chi connectivity index (χ1n) is 7.94. The van der Waals surface area contributed by atoms with E-state index < -0.39 is 0 Å². The van der Waals surface area contributed by atoms with Crippen LogP contribution in [0.2, 0.25) is 5.02 Å². The Morgan fingerprint density at radius 2 is 1.25 bits per heavy atom. The Hall–Kier alpha value is -1.77. The molecule has 3 aromatic carbocycles. The fourth-order valence-electron chi connectivity index (χ4n) is 2.81. The van der Waals surface area contributed by atoms with Crippen LogP contribution >= 0.6 is 27.5 Å². The van der Waals surface area contributed by atoms with E-state index in [0.717, 1.165) is 29.0 Å². The first-order chi connectivity index (χ1) is 11.8. The molecule has 1 nitrogen and oxygen atoms in total. The van der Waals surface area contributed by atoms with Gasteiger partial charge in [0, 0.05) is 34.7 Å². The van der Waals surface area contributed by atoms with E-state index in [1.165, 1.54) is 16.8 Å². The zero-order valence-electron chi connectivity index (χ0n) is 13.3. The maximum absolute atomic E-state index is 6.42. The molecule has 0 aromatic heterocycles. The van der Waals surface area contributed by atoms with Crippen molar-refractivity contribution in [2.24, 2.45) is 0 Å². The van der Waals surface area contributed by atoms with Crippen LogP contribution in [0.1, 0.15) is 16.7 Å². The van der Waals surface area contributed by atoms with Crippen molar-refractivity contribution in [1.29, 1.82) is 0 Å². The van der Waals surface area contributed by atoms with Crippen LogP contribution in [0.15, 0.2) is 78.9 Å². The van der Waals surface area contributed by atoms with Crippen molar-refractivity contribution in [2.75, 3.05) is 4.90 Å². The molecule has 0 unspecified atom stereocenters. The second kappa shape index (κ2) is 8.36. The molecular weight excluding hydrogens is 382 g/mol. The fourth-order valence-corrected chi connectivity index (χ4v) is 3.80. The van der Waals surface area contributed by atoms with Gasteiger partial charge >= 0.3 is 0 Å². The van der Waals surface area contributed by atoms with Crippen LogP contribution in [0.3, 0.4) is 0 Å². The van der Waals surface area contributed by atoms with Gasteiger partial charge in [-0.1, -0.05) is 94.3 Å². The molecular formula is C21H19BrClN. The Morgan fingerprint density at radius 1 is 0.708 bits per heavy atom. The van der Waals surface area contributed by atoms with Gasteiger partial charge in [0.1, 0.15) is 0 Å². The van der Waals surface area contributed by atoms with Crippen LogP contribution in [0.5, 0.6) is 0 Å². The maximum Gasteiger partial charge on any atom is 0.0467 e. The third-order valence-electron chi connectivity index (χ3n) is 4.00. The monoisotopic (exact) mass is 399 g/mol. The van der Waals surface area contributed by atoms with Crippen LogP contribution in [-0.4, -0.2) is 0 Å². The minimum atomic E-state index is 0.738. The number of hydrogen-bond acceptors (Lipinski definition) is 1. The van der Waals surface area contributed by atoms with Crippen molar-refractivity contribution in [2.45, 2.75) is 18.4 Å². The van der Waals surface area contributed by atoms with Gasteiger partial charge in [0.15, 0.2) is 0 Å². The summed E-state index contributed by atoms with van der Waals surface area (Å²) in [5, 5.41) is 1.54. The molecule has 0 bridgehead atoms. The molecule has 24 heavy (non-hydrogen) atoms. The highest BCUT2D eigenvalue weighted by Crippen LogP contribution is 2.31. The van der Waals surface area contributed by atoms with E-state index >= 15 is 0 Å². The summed E-state index contributed by atoms with van der Waals surface area (Å²) in [5.74, 6) is 0. The third kappa shape index (κ3) is 4.19. The number of rotatable bonds is 6. The summed E-state index contributed by atoms with van der Waals surface area (Å²) in [4.78, 5) is 2.38. The van der Waals surface area contributed by atoms with E-state index in [9.17, 15) is 0 Å². The maximum atomic E-state index is 6.42. The fraction of sp³-hybridized carbons (Fsp3) is 0.143. The molecule has 0 spiro atoms. The molecule has 3 heteroatoms. The van der Waals surface area contributed by atoms with Crippen LogP contribution in [0.25, 0.3) is 0 Å². The summed E-state index contributed by atoms with van der Waals surface area (Å²) in [5.41, 5.74) is 4.88. The molecule has 0 aliphatic carbocycles. The molecule has 122 valence electrons. The molecule has 0 atom stereocenters. The van der Waals surface area contributed by atoms with E-state index in [-0.39, 0.29) is 0 Å². The normalized spacial score (nSPS) is 10.6. The summed E-state index contributed by atoms with van der Waals surface area (Å²) in [6.07, 6.45) is 0. The lowest BCUT2D eigenvalue weighted by Crippen LogP contribution is -2.23. The van der Waals surface area contributed by atoms with Crippen LogP contribution in [-0.2, 0) is 18.4 Å². The quantitative estimate of drug-likeness (QED) is 0.430. The van der Waals surface area contributed by atoms with Gasteiger partial charge in [-0.25, -0.2) is 0 Å². The second-order valence-electron chi connectivity index (χ2n) is 5.70. The van der Waals surface area contributed by atoms with Crippen LogP contribution < -0.4 is 4.90 Å². The molecule has 0 fully saturated rings. The Morgan fingerprint density at radius 3 is 1.75 bits per heavy atom. The van der Waals surface area contributed by atoms with Gasteiger partial charge in [-0.05, 0) is 23.3 Å².